The third-order valence-corrected chi connectivity index (χ3v) is 3.74. The number of pyridine rings is 1. The van der Waals surface area contributed by atoms with Crippen molar-refractivity contribution in [3.63, 3.8) is 0 Å². The molecular weight excluding hydrogens is 250 g/mol. The van der Waals surface area contributed by atoms with Crippen LogP contribution in [0.2, 0.25) is 5.02 Å². The molecule has 1 aromatic heterocycles. The quantitative estimate of drug-likeness (QED) is 0.909. The minimum atomic E-state index is 0.444. The van der Waals surface area contributed by atoms with Crippen LogP contribution in [0.5, 0.6) is 0 Å². The molecule has 1 aromatic rings. The maximum atomic E-state index is 6.02. The summed E-state index contributed by atoms with van der Waals surface area (Å²) >= 11 is 6.02. The van der Waals surface area contributed by atoms with Gasteiger partial charge in [0.05, 0.1) is 5.02 Å². The summed E-state index contributed by atoms with van der Waals surface area (Å²) in [5.74, 6) is 1.62. The van der Waals surface area contributed by atoms with Crippen molar-refractivity contribution in [2.75, 3.05) is 31.7 Å². The lowest BCUT2D eigenvalue weighted by Crippen LogP contribution is -2.30. The van der Waals surface area contributed by atoms with Crippen LogP contribution in [-0.4, -0.2) is 31.8 Å². The van der Waals surface area contributed by atoms with E-state index in [2.05, 4.69) is 16.9 Å². The molecule has 5 heteroatoms. The highest BCUT2D eigenvalue weighted by Crippen LogP contribution is 2.22. The summed E-state index contributed by atoms with van der Waals surface area (Å²) in [5.41, 5.74) is 6.60. The van der Waals surface area contributed by atoms with E-state index in [-0.39, 0.29) is 0 Å². The molecular formula is C13H20ClN3O. The number of aromatic nitrogens is 1. The first-order valence-corrected chi connectivity index (χ1v) is 6.72. The van der Waals surface area contributed by atoms with Crippen LogP contribution in [0.25, 0.3) is 0 Å². The van der Waals surface area contributed by atoms with Crippen LogP contribution >= 0.6 is 11.6 Å². The monoisotopic (exact) mass is 269 g/mol. The van der Waals surface area contributed by atoms with Crippen LogP contribution in [0, 0.1) is 5.92 Å². The van der Waals surface area contributed by atoms with E-state index in [1.54, 1.807) is 6.20 Å². The van der Waals surface area contributed by atoms with Gasteiger partial charge in [0.1, 0.15) is 5.82 Å². The third kappa shape index (κ3) is 3.34. The first-order chi connectivity index (χ1) is 8.70. The normalized spacial score (nSPS) is 16.8. The molecule has 2 heterocycles. The van der Waals surface area contributed by atoms with E-state index >= 15 is 0 Å². The molecule has 1 fully saturated rings. The molecule has 2 N–H and O–H groups in total. The molecule has 100 valence electrons. The van der Waals surface area contributed by atoms with E-state index < -0.39 is 0 Å². The predicted octanol–water partition coefficient (Wildman–Crippen LogP) is 2.06. The molecule has 1 saturated heterocycles. The number of rotatable bonds is 4. The van der Waals surface area contributed by atoms with Crippen LogP contribution in [0.4, 0.5) is 5.82 Å². The van der Waals surface area contributed by atoms with Crippen LogP contribution in [-0.2, 0) is 11.3 Å². The second-order valence-electron chi connectivity index (χ2n) is 4.77. The zero-order chi connectivity index (χ0) is 13.0. The van der Waals surface area contributed by atoms with Gasteiger partial charge in [0, 0.05) is 39.5 Å². The van der Waals surface area contributed by atoms with Crippen LogP contribution in [0.15, 0.2) is 12.3 Å². The second-order valence-corrected chi connectivity index (χ2v) is 5.18. The molecule has 0 bridgehead atoms. The maximum Gasteiger partial charge on any atom is 0.128 e. The fraction of sp³-hybridized carbons (Fsp3) is 0.615. The summed E-state index contributed by atoms with van der Waals surface area (Å²) in [6.45, 7) is 3.20. The first-order valence-electron chi connectivity index (χ1n) is 6.34. The zero-order valence-corrected chi connectivity index (χ0v) is 11.5. The van der Waals surface area contributed by atoms with Gasteiger partial charge in [-0.1, -0.05) is 11.6 Å². The Kier molecular flexibility index (Phi) is 4.80. The Morgan fingerprint density at radius 1 is 1.50 bits per heavy atom. The van der Waals surface area contributed by atoms with Gasteiger partial charge in [0.25, 0.3) is 0 Å². The van der Waals surface area contributed by atoms with Gasteiger partial charge in [-0.15, -0.1) is 0 Å². The smallest absolute Gasteiger partial charge is 0.128 e. The summed E-state index contributed by atoms with van der Waals surface area (Å²) in [6, 6.07) is 1.97. The Hall–Kier alpha value is -0.840. The minimum absolute atomic E-state index is 0.444. The molecule has 0 spiro atoms. The number of hydrogen-bond donors (Lipinski definition) is 1. The largest absolute Gasteiger partial charge is 0.381 e. The van der Waals surface area contributed by atoms with E-state index in [9.17, 15) is 0 Å². The fourth-order valence-electron chi connectivity index (χ4n) is 2.24. The molecule has 4 nitrogen and oxygen atoms in total. The summed E-state index contributed by atoms with van der Waals surface area (Å²) < 4.78 is 5.37. The Bertz CT molecular complexity index is 394. The maximum absolute atomic E-state index is 6.02. The lowest BCUT2D eigenvalue weighted by molar-refractivity contribution is 0.0685. The Balaban J connectivity index is 2.01. The molecule has 0 aliphatic carbocycles. The molecule has 0 aromatic carbocycles. The highest BCUT2D eigenvalue weighted by Gasteiger charge is 2.16. The van der Waals surface area contributed by atoms with Crippen molar-refractivity contribution in [3.8, 4) is 0 Å². The van der Waals surface area contributed by atoms with Gasteiger partial charge in [-0.05, 0) is 30.4 Å². The van der Waals surface area contributed by atoms with Crippen molar-refractivity contribution < 1.29 is 4.74 Å². The van der Waals surface area contributed by atoms with Crippen molar-refractivity contribution in [2.45, 2.75) is 19.4 Å². The lowest BCUT2D eigenvalue weighted by atomic mass is 10.00. The summed E-state index contributed by atoms with van der Waals surface area (Å²) in [5, 5.41) is 0.640. The zero-order valence-electron chi connectivity index (χ0n) is 10.7. The van der Waals surface area contributed by atoms with Gasteiger partial charge < -0.3 is 15.4 Å². The van der Waals surface area contributed by atoms with E-state index in [0.29, 0.717) is 17.5 Å². The third-order valence-electron chi connectivity index (χ3n) is 3.40. The van der Waals surface area contributed by atoms with Crippen LogP contribution < -0.4 is 10.6 Å². The molecule has 1 aliphatic rings. The predicted molar refractivity (Wildman–Crippen MR) is 74.0 cm³/mol. The number of anilines is 1. The number of halogens is 1. The standard InChI is InChI=1S/C13H20ClN3O/c1-17(9-10-2-4-18-5-3-10)13-6-11(7-15)12(14)8-16-13/h6,8,10H,2-5,7,9,15H2,1H3. The van der Waals surface area contributed by atoms with E-state index in [1.807, 2.05) is 6.07 Å². The van der Waals surface area contributed by atoms with Gasteiger partial charge in [0.2, 0.25) is 0 Å². The Morgan fingerprint density at radius 3 is 2.89 bits per heavy atom. The Labute approximate surface area is 113 Å². The molecule has 0 atom stereocenters. The highest BCUT2D eigenvalue weighted by molar-refractivity contribution is 6.31. The van der Waals surface area contributed by atoms with Crippen LogP contribution in [0.3, 0.4) is 0 Å². The topological polar surface area (TPSA) is 51.4 Å². The number of nitrogens with zero attached hydrogens (tertiary/aromatic N) is 2. The molecule has 0 radical (unpaired) electrons. The van der Waals surface area contributed by atoms with Gasteiger partial charge in [-0.3, -0.25) is 0 Å². The molecule has 0 amide bonds. The minimum Gasteiger partial charge on any atom is -0.381 e. The van der Waals surface area contributed by atoms with Crippen molar-refractivity contribution in [3.05, 3.63) is 22.8 Å². The summed E-state index contributed by atoms with van der Waals surface area (Å²) in [7, 11) is 2.06. The first kappa shape index (κ1) is 13.6. The summed E-state index contributed by atoms with van der Waals surface area (Å²) in [4.78, 5) is 6.53. The van der Waals surface area contributed by atoms with Crippen molar-refractivity contribution in [1.29, 1.82) is 0 Å². The average molecular weight is 270 g/mol. The van der Waals surface area contributed by atoms with Crippen molar-refractivity contribution in [2.24, 2.45) is 11.7 Å². The average Bonchev–Trinajstić information content (AvgIpc) is 2.40. The molecule has 0 saturated carbocycles. The second kappa shape index (κ2) is 6.36. The fourth-order valence-corrected chi connectivity index (χ4v) is 2.42. The number of nitrogens with two attached hydrogens (primary N) is 1. The Morgan fingerprint density at radius 2 is 2.22 bits per heavy atom. The van der Waals surface area contributed by atoms with Gasteiger partial charge in [-0.25, -0.2) is 4.98 Å². The highest BCUT2D eigenvalue weighted by atomic mass is 35.5. The van der Waals surface area contributed by atoms with Gasteiger partial charge >= 0.3 is 0 Å². The number of ether oxygens (including phenoxy) is 1. The molecule has 0 unspecified atom stereocenters. The van der Waals surface area contributed by atoms with E-state index in [4.69, 9.17) is 22.1 Å². The van der Waals surface area contributed by atoms with E-state index in [1.165, 1.54) is 0 Å². The van der Waals surface area contributed by atoms with E-state index in [0.717, 1.165) is 44.0 Å². The summed E-state index contributed by atoms with van der Waals surface area (Å²) in [6.07, 6.45) is 3.93. The SMILES string of the molecule is CN(CC1CCOCC1)c1cc(CN)c(Cl)cn1. The van der Waals surface area contributed by atoms with Crippen molar-refractivity contribution >= 4 is 17.4 Å². The lowest BCUT2D eigenvalue weighted by Gasteiger charge is -2.28. The van der Waals surface area contributed by atoms with Gasteiger partial charge in [0.15, 0.2) is 0 Å². The molecule has 1 aliphatic heterocycles. The molecule has 2 rings (SSSR count). The molecule has 18 heavy (non-hydrogen) atoms. The van der Waals surface area contributed by atoms with Crippen LogP contribution in [0.1, 0.15) is 18.4 Å². The van der Waals surface area contributed by atoms with Crippen molar-refractivity contribution in [1.82, 2.24) is 4.98 Å². The number of hydrogen-bond acceptors (Lipinski definition) is 4. The van der Waals surface area contributed by atoms with Gasteiger partial charge in [-0.2, -0.15) is 0 Å².